The smallest absolute Gasteiger partial charge is 0.202 e. The number of nitrogens with one attached hydrogen (secondary N) is 2. The summed E-state index contributed by atoms with van der Waals surface area (Å²) < 4.78 is 27.8. The van der Waals surface area contributed by atoms with E-state index >= 15 is 0 Å². The van der Waals surface area contributed by atoms with Crippen molar-refractivity contribution in [3.05, 3.63) is 41.4 Å². The summed E-state index contributed by atoms with van der Waals surface area (Å²) in [6.45, 7) is 0.980. The maximum Gasteiger partial charge on any atom is 0.276 e. The van der Waals surface area contributed by atoms with Gasteiger partial charge in [0.05, 0.1) is 0 Å². The molecule has 4 nitrogen and oxygen atoms in total. The minimum Gasteiger partial charge on any atom is -0.202 e. The van der Waals surface area contributed by atoms with E-state index in [1.165, 1.54) is 42.4 Å². The van der Waals surface area contributed by atoms with Gasteiger partial charge in [0.1, 0.15) is 0 Å². The zero-order valence-corrected chi connectivity index (χ0v) is 12.4. The van der Waals surface area contributed by atoms with Crippen molar-refractivity contribution in [2.45, 2.75) is 32.1 Å². The van der Waals surface area contributed by atoms with Gasteiger partial charge in [-0.1, -0.05) is 18.2 Å². The molecule has 0 bridgehead atoms. The van der Waals surface area contributed by atoms with Gasteiger partial charge in [0.2, 0.25) is 0 Å². The molecule has 1 aliphatic heterocycles. The van der Waals surface area contributed by atoms with Crippen molar-refractivity contribution < 1.29 is 8.42 Å². The van der Waals surface area contributed by atoms with Crippen LogP contribution in [0.4, 0.5) is 0 Å². The van der Waals surface area contributed by atoms with Crippen LogP contribution in [0, 0.1) is 12.3 Å². The number of rotatable bonds is 2. The quantitative estimate of drug-likeness (QED) is 0.818. The fourth-order valence-electron chi connectivity index (χ4n) is 3.01. The highest BCUT2D eigenvalue weighted by Gasteiger charge is 2.25. The highest BCUT2D eigenvalue weighted by molar-refractivity contribution is 7.87. The second kappa shape index (κ2) is 5.84. The Morgan fingerprint density at radius 3 is 2.60 bits per heavy atom. The van der Waals surface area contributed by atoms with Gasteiger partial charge in [0, 0.05) is 19.0 Å². The van der Waals surface area contributed by atoms with E-state index in [0.29, 0.717) is 13.1 Å². The average molecular weight is 293 g/mol. The first-order chi connectivity index (χ1) is 9.64. The van der Waals surface area contributed by atoms with E-state index < -0.39 is 10.2 Å². The minimum atomic E-state index is -3.26. The molecule has 1 fully saturated rings. The molecular formula is C15H21N2O2S. The number of hydrogen-bond donors (Lipinski definition) is 2. The SMILES string of the molecule is O=S1(=O)NCC(C2=CC[CH]C(C3=CCCCC3)=C2)CN1. The van der Waals surface area contributed by atoms with Gasteiger partial charge >= 0.3 is 0 Å². The maximum absolute atomic E-state index is 11.3. The largest absolute Gasteiger partial charge is 0.276 e. The minimum absolute atomic E-state index is 0.228. The number of hydrogen-bond acceptors (Lipinski definition) is 2. The summed E-state index contributed by atoms with van der Waals surface area (Å²) in [6.07, 6.45) is 15.0. The molecule has 1 saturated heterocycles. The molecule has 2 aliphatic carbocycles. The molecule has 0 spiro atoms. The molecule has 0 atom stereocenters. The van der Waals surface area contributed by atoms with Crippen LogP contribution in [-0.4, -0.2) is 21.5 Å². The summed E-state index contributed by atoms with van der Waals surface area (Å²) >= 11 is 0. The zero-order chi connectivity index (χ0) is 14.0. The lowest BCUT2D eigenvalue weighted by Gasteiger charge is -2.27. The second-order valence-electron chi connectivity index (χ2n) is 5.62. The Hall–Kier alpha value is -0.910. The van der Waals surface area contributed by atoms with Crippen LogP contribution in [0.3, 0.4) is 0 Å². The molecule has 109 valence electrons. The molecule has 0 unspecified atom stereocenters. The fraction of sp³-hybridized carbons (Fsp3) is 0.533. The lowest BCUT2D eigenvalue weighted by molar-refractivity contribution is 0.500. The van der Waals surface area contributed by atoms with Crippen LogP contribution in [0.25, 0.3) is 0 Å². The van der Waals surface area contributed by atoms with E-state index in [4.69, 9.17) is 0 Å². The van der Waals surface area contributed by atoms with E-state index in [1.54, 1.807) is 0 Å². The van der Waals surface area contributed by atoms with Gasteiger partial charge in [-0.15, -0.1) is 0 Å². The maximum atomic E-state index is 11.3. The van der Waals surface area contributed by atoms with E-state index in [2.05, 4.69) is 34.1 Å². The molecular weight excluding hydrogens is 272 g/mol. The Morgan fingerprint density at radius 1 is 1.10 bits per heavy atom. The molecule has 2 N–H and O–H groups in total. The van der Waals surface area contributed by atoms with Gasteiger partial charge in [-0.2, -0.15) is 8.42 Å². The van der Waals surface area contributed by atoms with E-state index in [0.717, 1.165) is 6.42 Å². The van der Waals surface area contributed by atoms with Gasteiger partial charge in [0.25, 0.3) is 10.2 Å². The first-order valence-electron chi connectivity index (χ1n) is 7.33. The highest BCUT2D eigenvalue weighted by Crippen LogP contribution is 2.31. The normalized spacial score (nSPS) is 27.5. The predicted molar refractivity (Wildman–Crippen MR) is 80.0 cm³/mol. The topological polar surface area (TPSA) is 58.2 Å². The molecule has 3 aliphatic rings. The zero-order valence-electron chi connectivity index (χ0n) is 11.6. The third kappa shape index (κ3) is 3.22. The third-order valence-corrected chi connectivity index (χ3v) is 5.28. The fourth-order valence-corrected chi connectivity index (χ4v) is 3.95. The van der Waals surface area contributed by atoms with Gasteiger partial charge < -0.3 is 0 Å². The Balaban J connectivity index is 1.73. The summed E-state index contributed by atoms with van der Waals surface area (Å²) in [5.41, 5.74) is 4.06. The molecule has 0 saturated carbocycles. The van der Waals surface area contributed by atoms with E-state index in [-0.39, 0.29) is 5.92 Å². The summed E-state index contributed by atoms with van der Waals surface area (Å²) in [5.74, 6) is 0.228. The molecule has 0 aromatic rings. The lowest BCUT2D eigenvalue weighted by Crippen LogP contribution is -2.49. The molecule has 1 heterocycles. The van der Waals surface area contributed by atoms with Crippen LogP contribution in [0.5, 0.6) is 0 Å². The monoisotopic (exact) mass is 293 g/mol. The van der Waals surface area contributed by atoms with Crippen molar-refractivity contribution in [3.8, 4) is 0 Å². The van der Waals surface area contributed by atoms with Crippen LogP contribution in [-0.2, 0) is 10.2 Å². The second-order valence-corrected chi connectivity index (χ2v) is 7.20. The van der Waals surface area contributed by atoms with Crippen molar-refractivity contribution in [2.24, 2.45) is 5.92 Å². The first-order valence-corrected chi connectivity index (χ1v) is 8.81. The lowest BCUT2D eigenvalue weighted by atomic mass is 9.84. The van der Waals surface area contributed by atoms with Crippen molar-refractivity contribution in [1.82, 2.24) is 9.44 Å². The summed E-state index contributed by atoms with van der Waals surface area (Å²) in [5, 5.41) is 0. The van der Waals surface area contributed by atoms with Gasteiger partial charge in [-0.25, -0.2) is 9.44 Å². The predicted octanol–water partition coefficient (Wildman–Crippen LogP) is 2.00. The number of allylic oxidation sites excluding steroid dienone is 5. The van der Waals surface area contributed by atoms with Crippen molar-refractivity contribution in [2.75, 3.05) is 13.1 Å². The van der Waals surface area contributed by atoms with Crippen LogP contribution < -0.4 is 9.44 Å². The standard InChI is InChI=1S/C15H21N2O2S/c18-20(19)16-10-15(11-17-20)14-8-4-7-13(9-14)12-5-2-1-3-6-12/h5,7-9,15-17H,1-4,6,10-11H2. The Bertz CT molecular complexity index is 559. The van der Waals surface area contributed by atoms with Crippen molar-refractivity contribution >= 4 is 10.2 Å². The highest BCUT2D eigenvalue weighted by atomic mass is 32.2. The summed E-state index contributed by atoms with van der Waals surface area (Å²) in [4.78, 5) is 0. The van der Waals surface area contributed by atoms with Crippen LogP contribution >= 0.6 is 0 Å². The van der Waals surface area contributed by atoms with Crippen LogP contribution in [0.15, 0.2) is 34.9 Å². The third-order valence-electron chi connectivity index (χ3n) is 4.19. The van der Waals surface area contributed by atoms with E-state index in [9.17, 15) is 8.42 Å². The average Bonchev–Trinajstić information content (AvgIpc) is 2.48. The summed E-state index contributed by atoms with van der Waals surface area (Å²) in [7, 11) is -3.26. The Kier molecular flexibility index (Phi) is 4.10. The van der Waals surface area contributed by atoms with Gasteiger partial charge in [-0.05, 0) is 55.2 Å². The molecule has 3 rings (SSSR count). The Morgan fingerprint density at radius 2 is 1.90 bits per heavy atom. The molecule has 0 aromatic carbocycles. The first kappa shape index (κ1) is 14.0. The van der Waals surface area contributed by atoms with Gasteiger partial charge in [-0.3, -0.25) is 0 Å². The summed E-state index contributed by atoms with van der Waals surface area (Å²) in [6, 6.07) is 0. The molecule has 0 amide bonds. The van der Waals surface area contributed by atoms with Crippen molar-refractivity contribution in [3.63, 3.8) is 0 Å². The molecule has 5 heteroatoms. The van der Waals surface area contributed by atoms with Crippen molar-refractivity contribution in [1.29, 1.82) is 0 Å². The van der Waals surface area contributed by atoms with Crippen LogP contribution in [0.1, 0.15) is 32.1 Å². The van der Waals surface area contributed by atoms with Crippen LogP contribution in [0.2, 0.25) is 0 Å². The Labute approximate surface area is 121 Å². The van der Waals surface area contributed by atoms with E-state index in [1.807, 2.05) is 0 Å². The molecule has 0 aromatic heterocycles. The molecule has 1 radical (unpaired) electrons. The molecule has 20 heavy (non-hydrogen) atoms. The van der Waals surface area contributed by atoms with Gasteiger partial charge in [0.15, 0.2) is 0 Å².